The molecule has 0 amide bonds. The summed E-state index contributed by atoms with van der Waals surface area (Å²) in [6, 6.07) is 0. The average molecular weight is 217 g/mol. The summed E-state index contributed by atoms with van der Waals surface area (Å²) in [6.07, 6.45) is 7.24. The van der Waals surface area contributed by atoms with Gasteiger partial charge in [0.1, 0.15) is 5.82 Å². The van der Waals surface area contributed by atoms with Crippen LogP contribution in [0.2, 0.25) is 0 Å². The first-order valence-electron chi connectivity index (χ1n) is 6.32. The van der Waals surface area contributed by atoms with Crippen molar-refractivity contribution in [1.29, 1.82) is 0 Å². The Kier molecular flexibility index (Phi) is 2.56. The standard InChI is InChI=1S/C13H19N3/c1-10-13(11-5-7-14-8-6-11)16-9-3-2-4-12(16)15-10/h5,14H,2-4,6-9H2,1H3. The number of nitrogens with zero attached hydrogens (tertiary/aromatic N) is 2. The van der Waals surface area contributed by atoms with Crippen LogP contribution in [0.15, 0.2) is 6.08 Å². The molecule has 1 aromatic rings. The average Bonchev–Trinajstić information content (AvgIpc) is 2.66. The molecule has 0 radical (unpaired) electrons. The van der Waals surface area contributed by atoms with Gasteiger partial charge in [0.25, 0.3) is 0 Å². The highest BCUT2D eigenvalue weighted by Gasteiger charge is 2.20. The molecular formula is C13H19N3. The Morgan fingerprint density at radius 2 is 2.25 bits per heavy atom. The SMILES string of the molecule is Cc1nc2n(c1C1=CCNCC1)CCCC2. The molecule has 1 N–H and O–H groups in total. The van der Waals surface area contributed by atoms with Crippen molar-refractivity contribution in [3.8, 4) is 0 Å². The van der Waals surface area contributed by atoms with Crippen molar-refractivity contribution in [3.63, 3.8) is 0 Å². The molecule has 0 aliphatic carbocycles. The molecule has 0 fully saturated rings. The lowest BCUT2D eigenvalue weighted by Crippen LogP contribution is -2.22. The third kappa shape index (κ3) is 1.59. The van der Waals surface area contributed by atoms with Gasteiger partial charge >= 0.3 is 0 Å². The van der Waals surface area contributed by atoms with Gasteiger partial charge in [-0.3, -0.25) is 0 Å². The second kappa shape index (κ2) is 4.06. The van der Waals surface area contributed by atoms with Gasteiger partial charge in [0.15, 0.2) is 0 Å². The van der Waals surface area contributed by atoms with E-state index in [1.54, 1.807) is 0 Å². The smallest absolute Gasteiger partial charge is 0.109 e. The van der Waals surface area contributed by atoms with Gasteiger partial charge < -0.3 is 9.88 Å². The Morgan fingerprint density at radius 1 is 1.31 bits per heavy atom. The minimum Gasteiger partial charge on any atom is -0.328 e. The van der Waals surface area contributed by atoms with Gasteiger partial charge in [0.05, 0.1) is 11.4 Å². The fourth-order valence-electron chi connectivity index (χ4n) is 2.86. The predicted molar refractivity (Wildman–Crippen MR) is 65.4 cm³/mol. The maximum absolute atomic E-state index is 4.73. The molecule has 0 saturated heterocycles. The number of imidazole rings is 1. The van der Waals surface area contributed by atoms with Gasteiger partial charge in [-0.2, -0.15) is 0 Å². The Morgan fingerprint density at radius 3 is 3.06 bits per heavy atom. The van der Waals surface area contributed by atoms with Crippen molar-refractivity contribution in [2.45, 2.75) is 39.2 Å². The summed E-state index contributed by atoms with van der Waals surface area (Å²) in [4.78, 5) is 4.73. The van der Waals surface area contributed by atoms with Crippen molar-refractivity contribution >= 4 is 5.57 Å². The molecule has 0 aromatic carbocycles. The molecule has 2 aliphatic heterocycles. The van der Waals surface area contributed by atoms with Crippen LogP contribution in [-0.2, 0) is 13.0 Å². The molecule has 3 nitrogen and oxygen atoms in total. The van der Waals surface area contributed by atoms with Crippen molar-refractivity contribution in [3.05, 3.63) is 23.3 Å². The number of nitrogens with one attached hydrogen (secondary N) is 1. The highest BCUT2D eigenvalue weighted by Crippen LogP contribution is 2.27. The van der Waals surface area contributed by atoms with Crippen LogP contribution in [-0.4, -0.2) is 22.6 Å². The molecule has 16 heavy (non-hydrogen) atoms. The largest absolute Gasteiger partial charge is 0.328 e. The van der Waals surface area contributed by atoms with Crippen LogP contribution in [0.3, 0.4) is 0 Å². The first-order valence-corrected chi connectivity index (χ1v) is 6.32. The van der Waals surface area contributed by atoms with Crippen LogP contribution in [0.5, 0.6) is 0 Å². The number of aromatic nitrogens is 2. The molecule has 3 heterocycles. The minimum atomic E-state index is 1.01. The quantitative estimate of drug-likeness (QED) is 0.778. The van der Waals surface area contributed by atoms with Crippen molar-refractivity contribution in [1.82, 2.24) is 14.9 Å². The lowest BCUT2D eigenvalue weighted by Gasteiger charge is -2.20. The molecule has 0 saturated carbocycles. The molecule has 0 unspecified atom stereocenters. The fourth-order valence-corrected chi connectivity index (χ4v) is 2.86. The first-order chi connectivity index (χ1) is 7.86. The highest BCUT2D eigenvalue weighted by atomic mass is 15.1. The second-order valence-electron chi connectivity index (χ2n) is 4.75. The van der Waals surface area contributed by atoms with Crippen LogP contribution in [0, 0.1) is 6.92 Å². The zero-order valence-corrected chi connectivity index (χ0v) is 9.92. The number of hydrogen-bond acceptors (Lipinski definition) is 2. The molecule has 86 valence electrons. The summed E-state index contributed by atoms with van der Waals surface area (Å²) < 4.78 is 2.45. The van der Waals surface area contributed by atoms with Gasteiger partial charge in [-0.1, -0.05) is 6.08 Å². The van der Waals surface area contributed by atoms with Crippen LogP contribution in [0.25, 0.3) is 5.57 Å². The molecule has 1 aromatic heterocycles. The van der Waals surface area contributed by atoms with E-state index >= 15 is 0 Å². The van der Waals surface area contributed by atoms with E-state index in [0.29, 0.717) is 0 Å². The topological polar surface area (TPSA) is 29.9 Å². The predicted octanol–water partition coefficient (Wildman–Crippen LogP) is 1.90. The second-order valence-corrected chi connectivity index (χ2v) is 4.75. The molecule has 0 atom stereocenters. The third-order valence-electron chi connectivity index (χ3n) is 3.62. The molecule has 3 heteroatoms. The molecule has 0 spiro atoms. The normalized spacial score (nSPS) is 20.4. The van der Waals surface area contributed by atoms with E-state index in [4.69, 9.17) is 4.98 Å². The number of rotatable bonds is 1. The van der Waals surface area contributed by atoms with Gasteiger partial charge in [-0.15, -0.1) is 0 Å². The Balaban J connectivity index is 2.05. The van der Waals surface area contributed by atoms with E-state index < -0.39 is 0 Å². The van der Waals surface area contributed by atoms with Crippen LogP contribution in [0.4, 0.5) is 0 Å². The van der Waals surface area contributed by atoms with Crippen LogP contribution in [0.1, 0.15) is 36.5 Å². The van der Waals surface area contributed by atoms with Gasteiger partial charge in [-0.05, 0) is 38.3 Å². The Hall–Kier alpha value is -1.09. The summed E-state index contributed by atoms with van der Waals surface area (Å²) in [5.41, 5.74) is 4.14. The van der Waals surface area contributed by atoms with Gasteiger partial charge in [-0.25, -0.2) is 4.98 Å². The van der Waals surface area contributed by atoms with Gasteiger partial charge in [0.2, 0.25) is 0 Å². The van der Waals surface area contributed by atoms with E-state index in [2.05, 4.69) is 22.9 Å². The monoisotopic (exact) mass is 217 g/mol. The molecule has 0 bridgehead atoms. The Bertz CT molecular complexity index is 429. The summed E-state index contributed by atoms with van der Waals surface area (Å²) in [7, 11) is 0. The highest BCUT2D eigenvalue weighted by molar-refractivity contribution is 5.66. The van der Waals surface area contributed by atoms with Gasteiger partial charge in [0, 0.05) is 19.5 Å². The van der Waals surface area contributed by atoms with Crippen LogP contribution < -0.4 is 5.32 Å². The van der Waals surface area contributed by atoms with E-state index in [1.807, 2.05) is 0 Å². The molecular weight excluding hydrogens is 198 g/mol. The maximum atomic E-state index is 4.73. The summed E-state index contributed by atoms with van der Waals surface area (Å²) in [5.74, 6) is 1.30. The summed E-state index contributed by atoms with van der Waals surface area (Å²) in [6.45, 7) is 5.43. The lowest BCUT2D eigenvalue weighted by atomic mass is 10.0. The zero-order valence-electron chi connectivity index (χ0n) is 9.92. The Labute approximate surface area is 96.6 Å². The number of fused-ring (bicyclic) bond motifs is 1. The minimum absolute atomic E-state index is 1.01. The van der Waals surface area contributed by atoms with E-state index in [9.17, 15) is 0 Å². The van der Waals surface area contributed by atoms with Crippen molar-refractivity contribution in [2.24, 2.45) is 0 Å². The molecule has 2 aliphatic rings. The number of aryl methyl sites for hydroxylation is 2. The summed E-state index contributed by atoms with van der Waals surface area (Å²) in [5, 5.41) is 3.37. The lowest BCUT2D eigenvalue weighted by molar-refractivity contribution is 0.517. The van der Waals surface area contributed by atoms with E-state index in [1.165, 1.54) is 35.6 Å². The van der Waals surface area contributed by atoms with Crippen LogP contribution >= 0.6 is 0 Å². The zero-order chi connectivity index (χ0) is 11.0. The maximum Gasteiger partial charge on any atom is 0.109 e. The fraction of sp³-hybridized carbons (Fsp3) is 0.615. The first kappa shape index (κ1) is 10.1. The van der Waals surface area contributed by atoms with E-state index in [-0.39, 0.29) is 0 Å². The molecule has 3 rings (SSSR count). The van der Waals surface area contributed by atoms with Crippen molar-refractivity contribution < 1.29 is 0 Å². The number of hydrogen-bond donors (Lipinski definition) is 1. The van der Waals surface area contributed by atoms with Crippen molar-refractivity contribution in [2.75, 3.05) is 13.1 Å². The summed E-state index contributed by atoms with van der Waals surface area (Å²) >= 11 is 0. The third-order valence-corrected chi connectivity index (χ3v) is 3.62. The van der Waals surface area contributed by atoms with E-state index in [0.717, 1.165) is 32.5 Å².